The topological polar surface area (TPSA) is 53.4 Å². The second-order valence-corrected chi connectivity index (χ2v) is 4.20. The quantitative estimate of drug-likeness (QED) is 0.896. The highest BCUT2D eigenvalue weighted by Gasteiger charge is 2.17. The van der Waals surface area contributed by atoms with Gasteiger partial charge in [0.2, 0.25) is 0 Å². The molecule has 0 aliphatic rings. The summed E-state index contributed by atoms with van der Waals surface area (Å²) in [6.07, 6.45) is 2.44. The summed E-state index contributed by atoms with van der Waals surface area (Å²) in [6.45, 7) is 2.93. The van der Waals surface area contributed by atoms with Crippen molar-refractivity contribution in [1.82, 2.24) is 9.88 Å². The average Bonchev–Trinajstić information content (AvgIpc) is 2.28. The fourth-order valence-corrected chi connectivity index (χ4v) is 1.82. The molecule has 0 aliphatic carbocycles. The molecule has 0 radical (unpaired) electrons. The highest BCUT2D eigenvalue weighted by molar-refractivity contribution is 9.10. The van der Waals surface area contributed by atoms with E-state index in [0.29, 0.717) is 23.3 Å². The summed E-state index contributed by atoms with van der Waals surface area (Å²) in [6, 6.07) is 3.54. The van der Waals surface area contributed by atoms with Crippen molar-refractivity contribution in [2.75, 3.05) is 19.7 Å². The van der Waals surface area contributed by atoms with Gasteiger partial charge in [0.05, 0.1) is 6.61 Å². The molecule has 1 amide bonds. The van der Waals surface area contributed by atoms with E-state index in [9.17, 15) is 4.79 Å². The average molecular weight is 287 g/mol. The zero-order valence-electron chi connectivity index (χ0n) is 9.19. The van der Waals surface area contributed by atoms with E-state index in [1.807, 2.05) is 6.92 Å². The van der Waals surface area contributed by atoms with Crippen molar-refractivity contribution in [2.45, 2.75) is 13.3 Å². The molecule has 16 heavy (non-hydrogen) atoms. The summed E-state index contributed by atoms with van der Waals surface area (Å²) in [7, 11) is 0. The number of aromatic nitrogens is 1. The van der Waals surface area contributed by atoms with Crippen LogP contribution < -0.4 is 0 Å². The first-order valence-corrected chi connectivity index (χ1v) is 6.00. The lowest BCUT2D eigenvalue weighted by Crippen LogP contribution is -2.34. The number of rotatable bonds is 5. The Kier molecular flexibility index (Phi) is 5.42. The van der Waals surface area contributed by atoms with Gasteiger partial charge in [-0.2, -0.15) is 0 Å². The summed E-state index contributed by atoms with van der Waals surface area (Å²) >= 11 is 3.29. The van der Waals surface area contributed by atoms with Crippen molar-refractivity contribution in [3.8, 4) is 0 Å². The Morgan fingerprint density at radius 3 is 2.88 bits per heavy atom. The molecule has 0 aliphatic heterocycles. The number of aliphatic hydroxyl groups excluding tert-OH is 1. The molecule has 1 N–H and O–H groups in total. The van der Waals surface area contributed by atoms with Crippen LogP contribution in [-0.2, 0) is 0 Å². The van der Waals surface area contributed by atoms with Gasteiger partial charge in [0.15, 0.2) is 0 Å². The molecule has 1 aromatic rings. The lowest BCUT2D eigenvalue weighted by Gasteiger charge is -2.20. The minimum atomic E-state index is -0.150. The maximum atomic E-state index is 12.1. The van der Waals surface area contributed by atoms with Gasteiger partial charge in [0.25, 0.3) is 5.91 Å². The normalized spacial score (nSPS) is 10.2. The Labute approximate surface area is 103 Å². The predicted molar refractivity (Wildman–Crippen MR) is 65.2 cm³/mol. The van der Waals surface area contributed by atoms with Crippen LogP contribution in [0.4, 0.5) is 0 Å². The lowest BCUT2D eigenvalue weighted by atomic mass is 10.3. The molecular formula is C11H15BrN2O2. The molecule has 1 rings (SSSR count). The van der Waals surface area contributed by atoms with Gasteiger partial charge in [0.1, 0.15) is 5.69 Å². The van der Waals surface area contributed by atoms with Gasteiger partial charge in [-0.15, -0.1) is 0 Å². The van der Waals surface area contributed by atoms with E-state index < -0.39 is 0 Å². The summed E-state index contributed by atoms with van der Waals surface area (Å²) in [5.74, 6) is -0.150. The Morgan fingerprint density at radius 1 is 1.56 bits per heavy atom. The maximum Gasteiger partial charge on any atom is 0.273 e. The highest BCUT2D eigenvalue weighted by Crippen LogP contribution is 2.15. The number of pyridine rings is 1. The van der Waals surface area contributed by atoms with Crippen LogP contribution in [0.5, 0.6) is 0 Å². The second-order valence-electron chi connectivity index (χ2n) is 3.35. The van der Waals surface area contributed by atoms with E-state index >= 15 is 0 Å². The number of hydrogen-bond acceptors (Lipinski definition) is 3. The van der Waals surface area contributed by atoms with Gasteiger partial charge in [-0.25, -0.2) is 4.98 Å². The van der Waals surface area contributed by atoms with Crippen LogP contribution in [0.1, 0.15) is 23.8 Å². The van der Waals surface area contributed by atoms with E-state index in [2.05, 4.69) is 20.9 Å². The van der Waals surface area contributed by atoms with Crippen LogP contribution in [0, 0.1) is 0 Å². The molecule has 0 bridgehead atoms. The SMILES string of the molecule is CCCN(CCO)C(=O)c1ncccc1Br. The van der Waals surface area contributed by atoms with Crippen molar-refractivity contribution in [3.63, 3.8) is 0 Å². The van der Waals surface area contributed by atoms with E-state index in [1.54, 1.807) is 23.2 Å². The van der Waals surface area contributed by atoms with Gasteiger partial charge in [0, 0.05) is 23.8 Å². The van der Waals surface area contributed by atoms with Crippen LogP contribution in [-0.4, -0.2) is 40.6 Å². The minimum absolute atomic E-state index is 0.0316. The molecule has 1 heterocycles. The van der Waals surface area contributed by atoms with E-state index in [4.69, 9.17) is 5.11 Å². The zero-order chi connectivity index (χ0) is 12.0. The molecule has 88 valence electrons. The minimum Gasteiger partial charge on any atom is -0.395 e. The molecule has 5 heteroatoms. The molecule has 0 saturated heterocycles. The maximum absolute atomic E-state index is 12.1. The predicted octanol–water partition coefficient (Wildman–Crippen LogP) is 1.69. The van der Waals surface area contributed by atoms with Gasteiger partial charge in [-0.05, 0) is 34.5 Å². The molecule has 0 saturated carbocycles. The fraction of sp³-hybridized carbons (Fsp3) is 0.455. The first-order chi connectivity index (χ1) is 7.70. The number of aliphatic hydroxyl groups is 1. The fourth-order valence-electron chi connectivity index (χ4n) is 1.40. The molecule has 0 unspecified atom stereocenters. The van der Waals surface area contributed by atoms with Crippen LogP contribution in [0.25, 0.3) is 0 Å². The summed E-state index contributed by atoms with van der Waals surface area (Å²) < 4.78 is 0.680. The molecule has 0 spiro atoms. The van der Waals surface area contributed by atoms with Crippen LogP contribution in [0.2, 0.25) is 0 Å². The number of carbonyl (C=O) groups excluding carboxylic acids is 1. The number of hydrogen-bond donors (Lipinski definition) is 1. The highest BCUT2D eigenvalue weighted by atomic mass is 79.9. The Bertz CT molecular complexity index is 352. The standard InChI is InChI=1S/C11H15BrN2O2/c1-2-6-14(7-8-15)11(16)10-9(12)4-3-5-13-10/h3-5,15H,2,6-8H2,1H3. The zero-order valence-corrected chi connectivity index (χ0v) is 10.8. The second kappa shape index (κ2) is 6.60. The summed E-state index contributed by atoms with van der Waals surface area (Å²) in [4.78, 5) is 17.7. The third-order valence-electron chi connectivity index (χ3n) is 2.11. The molecule has 4 nitrogen and oxygen atoms in total. The van der Waals surface area contributed by atoms with Crippen molar-refractivity contribution < 1.29 is 9.90 Å². The van der Waals surface area contributed by atoms with Crippen LogP contribution in [0.15, 0.2) is 22.8 Å². The van der Waals surface area contributed by atoms with Crippen LogP contribution in [0.3, 0.4) is 0 Å². The first kappa shape index (κ1) is 13.1. The van der Waals surface area contributed by atoms with Gasteiger partial charge >= 0.3 is 0 Å². The molecule has 0 atom stereocenters. The third-order valence-corrected chi connectivity index (χ3v) is 2.75. The van der Waals surface area contributed by atoms with Crippen molar-refractivity contribution in [1.29, 1.82) is 0 Å². The van der Waals surface area contributed by atoms with Gasteiger partial charge in [-0.3, -0.25) is 4.79 Å². The van der Waals surface area contributed by atoms with Crippen molar-refractivity contribution >= 4 is 21.8 Å². The monoisotopic (exact) mass is 286 g/mol. The van der Waals surface area contributed by atoms with E-state index in [-0.39, 0.29) is 12.5 Å². The Hall–Kier alpha value is -0.940. The number of halogens is 1. The lowest BCUT2D eigenvalue weighted by molar-refractivity contribution is 0.0715. The Balaban J connectivity index is 2.85. The molecule has 1 aromatic heterocycles. The number of amides is 1. The van der Waals surface area contributed by atoms with Crippen molar-refractivity contribution in [3.05, 3.63) is 28.5 Å². The summed E-state index contributed by atoms with van der Waals surface area (Å²) in [5.41, 5.74) is 0.393. The van der Waals surface area contributed by atoms with Gasteiger partial charge < -0.3 is 10.0 Å². The van der Waals surface area contributed by atoms with Gasteiger partial charge in [-0.1, -0.05) is 6.92 Å². The van der Waals surface area contributed by atoms with E-state index in [0.717, 1.165) is 6.42 Å². The van der Waals surface area contributed by atoms with Crippen molar-refractivity contribution in [2.24, 2.45) is 0 Å². The first-order valence-electron chi connectivity index (χ1n) is 5.21. The van der Waals surface area contributed by atoms with Crippen LogP contribution >= 0.6 is 15.9 Å². The smallest absolute Gasteiger partial charge is 0.273 e. The van der Waals surface area contributed by atoms with E-state index in [1.165, 1.54) is 0 Å². The summed E-state index contributed by atoms with van der Waals surface area (Å²) in [5, 5.41) is 8.90. The molecular weight excluding hydrogens is 272 g/mol. The number of nitrogens with zero attached hydrogens (tertiary/aromatic N) is 2. The largest absolute Gasteiger partial charge is 0.395 e. The molecule has 0 fully saturated rings. The third kappa shape index (κ3) is 3.28. The number of carbonyl (C=O) groups is 1. The molecule has 0 aromatic carbocycles. The Morgan fingerprint density at radius 2 is 2.31 bits per heavy atom.